The van der Waals surface area contributed by atoms with E-state index in [2.05, 4.69) is 4.90 Å². The van der Waals surface area contributed by atoms with Crippen LogP contribution in [-0.4, -0.2) is 50.1 Å². The molecule has 3 rings (SSSR count). The van der Waals surface area contributed by atoms with Gasteiger partial charge in [0.25, 0.3) is 5.91 Å². The summed E-state index contributed by atoms with van der Waals surface area (Å²) in [4.78, 5) is 21.8. The van der Waals surface area contributed by atoms with E-state index in [-0.39, 0.29) is 18.3 Å². The number of hydrogen-bond acceptors (Lipinski definition) is 5. The number of carbonyl (C=O) groups excluding carboxylic acids is 1. The number of para-hydroxylation sites is 1. The Bertz CT molecular complexity index is 994. The van der Waals surface area contributed by atoms with Gasteiger partial charge in [0, 0.05) is 11.6 Å². The van der Waals surface area contributed by atoms with Gasteiger partial charge in [-0.2, -0.15) is 0 Å². The van der Waals surface area contributed by atoms with Gasteiger partial charge in [0.15, 0.2) is 5.13 Å². The largest absolute Gasteiger partial charge is 0.494 e. The standard InChI is InChI=1S/C20H21Cl2N3O2S.ClH/c1-24(2)10-5-11-25(19(26)14-9-8-13(21)12-15(14)22)20-23-18-16(27-3)6-4-7-17(18)28-20;/h4,6-9,12H,5,10-11H2,1-3H3;1H. The lowest BCUT2D eigenvalue weighted by molar-refractivity contribution is 0.0986. The lowest BCUT2D eigenvalue weighted by Gasteiger charge is -2.21. The quantitative estimate of drug-likeness (QED) is 0.445. The van der Waals surface area contributed by atoms with Crippen molar-refractivity contribution in [2.24, 2.45) is 0 Å². The van der Waals surface area contributed by atoms with Gasteiger partial charge < -0.3 is 9.64 Å². The van der Waals surface area contributed by atoms with Gasteiger partial charge in [-0.15, -0.1) is 12.4 Å². The van der Waals surface area contributed by atoms with E-state index in [1.807, 2.05) is 32.3 Å². The van der Waals surface area contributed by atoms with Crippen molar-refractivity contribution in [1.82, 2.24) is 9.88 Å². The van der Waals surface area contributed by atoms with Crippen LogP contribution in [0, 0.1) is 0 Å². The minimum Gasteiger partial charge on any atom is -0.494 e. The molecule has 1 heterocycles. The van der Waals surface area contributed by atoms with Gasteiger partial charge in [-0.1, -0.05) is 40.6 Å². The van der Waals surface area contributed by atoms with Gasteiger partial charge in [-0.25, -0.2) is 4.98 Å². The fourth-order valence-corrected chi connectivity index (χ4v) is 4.33. The zero-order valence-electron chi connectivity index (χ0n) is 16.3. The molecular formula is C20H22Cl3N3O2S. The maximum atomic E-state index is 13.3. The number of fused-ring (bicyclic) bond motifs is 1. The zero-order valence-corrected chi connectivity index (χ0v) is 19.5. The molecule has 0 unspecified atom stereocenters. The summed E-state index contributed by atoms with van der Waals surface area (Å²) >= 11 is 13.7. The summed E-state index contributed by atoms with van der Waals surface area (Å²) < 4.78 is 6.37. The number of carbonyl (C=O) groups is 1. The van der Waals surface area contributed by atoms with Crippen molar-refractivity contribution >= 4 is 68.2 Å². The molecule has 0 aliphatic heterocycles. The maximum Gasteiger partial charge on any atom is 0.261 e. The van der Waals surface area contributed by atoms with E-state index in [1.54, 1.807) is 30.2 Å². The second-order valence-electron chi connectivity index (χ2n) is 6.54. The summed E-state index contributed by atoms with van der Waals surface area (Å²) in [5.74, 6) is 0.490. The molecule has 156 valence electrons. The highest BCUT2D eigenvalue weighted by atomic mass is 35.5. The van der Waals surface area contributed by atoms with E-state index in [0.717, 1.165) is 23.2 Å². The molecule has 0 saturated heterocycles. The van der Waals surface area contributed by atoms with Gasteiger partial charge in [0.05, 0.1) is 22.4 Å². The number of amides is 1. The third-order valence-corrected chi connectivity index (χ3v) is 5.81. The zero-order chi connectivity index (χ0) is 20.3. The van der Waals surface area contributed by atoms with Crippen molar-refractivity contribution < 1.29 is 9.53 Å². The minimum absolute atomic E-state index is 0. The minimum atomic E-state index is -0.196. The van der Waals surface area contributed by atoms with Crippen molar-refractivity contribution in [3.8, 4) is 5.75 Å². The van der Waals surface area contributed by atoms with Crippen LogP contribution in [-0.2, 0) is 0 Å². The Kier molecular flexibility index (Phi) is 8.55. The molecule has 0 atom stereocenters. The Hall–Kier alpha value is -1.57. The molecule has 0 aliphatic carbocycles. The maximum absolute atomic E-state index is 13.3. The molecule has 9 heteroatoms. The van der Waals surface area contributed by atoms with E-state index < -0.39 is 0 Å². The molecule has 3 aromatic rings. The highest BCUT2D eigenvalue weighted by Gasteiger charge is 2.24. The first-order valence-electron chi connectivity index (χ1n) is 8.76. The molecule has 2 aromatic carbocycles. The van der Waals surface area contributed by atoms with Crippen LogP contribution in [0.3, 0.4) is 0 Å². The highest BCUT2D eigenvalue weighted by molar-refractivity contribution is 7.22. The molecule has 0 N–H and O–H groups in total. The number of nitrogens with zero attached hydrogens (tertiary/aromatic N) is 3. The lowest BCUT2D eigenvalue weighted by Crippen LogP contribution is -2.33. The molecule has 0 aliphatic rings. The predicted octanol–water partition coefficient (Wildman–Crippen LogP) is 5.63. The average molecular weight is 475 g/mol. The van der Waals surface area contributed by atoms with Crippen LogP contribution in [0.5, 0.6) is 5.75 Å². The molecule has 1 aromatic heterocycles. The fourth-order valence-electron chi connectivity index (χ4n) is 2.83. The topological polar surface area (TPSA) is 45.7 Å². The van der Waals surface area contributed by atoms with Crippen LogP contribution in [0.1, 0.15) is 16.8 Å². The van der Waals surface area contributed by atoms with E-state index in [9.17, 15) is 4.79 Å². The summed E-state index contributed by atoms with van der Waals surface area (Å²) in [5, 5.41) is 1.44. The van der Waals surface area contributed by atoms with Crippen molar-refractivity contribution in [2.45, 2.75) is 6.42 Å². The summed E-state index contributed by atoms with van der Waals surface area (Å²) in [5.41, 5.74) is 1.15. The first-order chi connectivity index (χ1) is 13.4. The van der Waals surface area contributed by atoms with Crippen LogP contribution in [0.25, 0.3) is 10.2 Å². The van der Waals surface area contributed by atoms with Crippen molar-refractivity contribution in [2.75, 3.05) is 39.2 Å². The highest BCUT2D eigenvalue weighted by Crippen LogP contribution is 2.35. The summed E-state index contributed by atoms with van der Waals surface area (Å²) in [6.45, 7) is 1.38. The van der Waals surface area contributed by atoms with Gasteiger partial charge in [0.1, 0.15) is 11.3 Å². The Morgan fingerprint density at radius 1 is 1.17 bits per heavy atom. The SMILES string of the molecule is COc1cccc2sc(N(CCCN(C)C)C(=O)c3ccc(Cl)cc3Cl)nc12.Cl. The molecule has 0 fully saturated rings. The van der Waals surface area contributed by atoms with Gasteiger partial charge in [-0.3, -0.25) is 9.69 Å². The van der Waals surface area contributed by atoms with Crippen LogP contribution >= 0.6 is 46.9 Å². The number of hydrogen-bond donors (Lipinski definition) is 0. The van der Waals surface area contributed by atoms with E-state index in [1.165, 1.54) is 11.3 Å². The van der Waals surface area contributed by atoms with Crippen molar-refractivity contribution in [1.29, 1.82) is 0 Å². The van der Waals surface area contributed by atoms with Crippen LogP contribution in [0.4, 0.5) is 5.13 Å². The Morgan fingerprint density at radius 3 is 2.59 bits per heavy atom. The number of ether oxygens (including phenoxy) is 1. The first-order valence-corrected chi connectivity index (χ1v) is 10.3. The summed E-state index contributed by atoms with van der Waals surface area (Å²) in [6.07, 6.45) is 0.803. The van der Waals surface area contributed by atoms with Crippen molar-refractivity contribution in [3.63, 3.8) is 0 Å². The van der Waals surface area contributed by atoms with Crippen molar-refractivity contribution in [3.05, 3.63) is 52.0 Å². The van der Waals surface area contributed by atoms with Crippen LogP contribution < -0.4 is 9.64 Å². The summed E-state index contributed by atoms with van der Waals surface area (Å²) in [6, 6.07) is 10.6. The monoisotopic (exact) mass is 473 g/mol. The average Bonchev–Trinajstić information content (AvgIpc) is 3.08. The number of aromatic nitrogens is 1. The van der Waals surface area contributed by atoms with Gasteiger partial charge >= 0.3 is 0 Å². The number of halogens is 3. The van der Waals surface area contributed by atoms with Crippen LogP contribution in [0.15, 0.2) is 36.4 Å². The Balaban J connectivity index is 0.00000300. The number of rotatable bonds is 7. The molecule has 0 radical (unpaired) electrons. The molecule has 0 bridgehead atoms. The molecule has 29 heavy (non-hydrogen) atoms. The third kappa shape index (κ3) is 5.53. The normalized spacial score (nSPS) is 10.8. The molecule has 0 saturated carbocycles. The van der Waals surface area contributed by atoms with E-state index >= 15 is 0 Å². The number of anilines is 1. The van der Waals surface area contributed by atoms with Crippen LogP contribution in [0.2, 0.25) is 10.0 Å². The van der Waals surface area contributed by atoms with Gasteiger partial charge in [0.2, 0.25) is 0 Å². The second-order valence-corrected chi connectivity index (χ2v) is 8.39. The predicted molar refractivity (Wildman–Crippen MR) is 125 cm³/mol. The molecule has 0 spiro atoms. The molecular weight excluding hydrogens is 453 g/mol. The lowest BCUT2D eigenvalue weighted by atomic mass is 10.2. The second kappa shape index (κ2) is 10.5. The fraction of sp³-hybridized carbons (Fsp3) is 0.300. The number of methoxy groups -OCH3 is 1. The summed E-state index contributed by atoms with van der Waals surface area (Å²) in [7, 11) is 5.62. The van der Waals surface area contributed by atoms with Gasteiger partial charge in [-0.05, 0) is 57.4 Å². The smallest absolute Gasteiger partial charge is 0.261 e. The molecule has 1 amide bonds. The van der Waals surface area contributed by atoms with E-state index in [4.69, 9.17) is 32.9 Å². The number of benzene rings is 2. The Labute approximate surface area is 190 Å². The Morgan fingerprint density at radius 2 is 1.93 bits per heavy atom. The first kappa shape index (κ1) is 23.7. The number of thiazole rings is 1. The molecule has 5 nitrogen and oxygen atoms in total. The third-order valence-electron chi connectivity index (χ3n) is 4.22. The van der Waals surface area contributed by atoms with E-state index in [0.29, 0.717) is 33.0 Å².